The van der Waals surface area contributed by atoms with Gasteiger partial charge in [0, 0.05) is 23.0 Å². The van der Waals surface area contributed by atoms with Crippen LogP contribution in [0, 0.1) is 0 Å². The maximum Gasteiger partial charge on any atom is 0.0215 e. The highest BCUT2D eigenvalue weighted by molar-refractivity contribution is 8.77. The van der Waals surface area contributed by atoms with Crippen molar-refractivity contribution >= 4 is 43.2 Å². The number of hydrogen-bond acceptors (Lipinski definition) is 4. The van der Waals surface area contributed by atoms with Crippen LogP contribution in [0.3, 0.4) is 0 Å². The molecule has 0 aromatic heterocycles. The normalized spacial score (nSPS) is 9.12. The van der Waals surface area contributed by atoms with E-state index in [0.717, 1.165) is 11.5 Å². The first-order valence-corrected chi connectivity index (χ1v) is 10.5. The van der Waals surface area contributed by atoms with Crippen LogP contribution in [0.5, 0.6) is 0 Å². The van der Waals surface area contributed by atoms with Crippen LogP contribution in [0.1, 0.15) is 26.7 Å². The fraction of sp³-hybridized carbons (Fsp3) is 0.667. The van der Waals surface area contributed by atoms with Gasteiger partial charge in [0.15, 0.2) is 0 Å². The van der Waals surface area contributed by atoms with E-state index in [1.165, 1.54) is 24.3 Å². The van der Waals surface area contributed by atoms with Crippen molar-refractivity contribution in [3.05, 3.63) is 25.3 Å². The SMILES string of the molecule is C=CCSSCC=C.CCCSSCCC. The molecule has 0 heterocycles. The van der Waals surface area contributed by atoms with E-state index in [9.17, 15) is 0 Å². The maximum absolute atomic E-state index is 3.60. The molecule has 0 aliphatic rings. The Morgan fingerprint density at radius 1 is 0.750 bits per heavy atom. The molecule has 0 unspecified atom stereocenters. The minimum Gasteiger partial charge on any atom is -0.102 e. The highest BCUT2D eigenvalue weighted by atomic mass is 33.1. The Morgan fingerprint density at radius 3 is 1.38 bits per heavy atom. The third kappa shape index (κ3) is 24.2. The molecule has 0 N–H and O–H groups in total. The van der Waals surface area contributed by atoms with Crippen molar-refractivity contribution in [1.82, 2.24) is 0 Å². The smallest absolute Gasteiger partial charge is 0.0215 e. The van der Waals surface area contributed by atoms with E-state index >= 15 is 0 Å². The predicted octanol–water partition coefficient (Wildman–Crippen LogP) is 5.93. The van der Waals surface area contributed by atoms with E-state index in [-0.39, 0.29) is 0 Å². The van der Waals surface area contributed by atoms with Crippen LogP contribution in [-0.2, 0) is 0 Å². The van der Waals surface area contributed by atoms with E-state index in [0.29, 0.717) is 0 Å². The van der Waals surface area contributed by atoms with Gasteiger partial charge in [-0.3, -0.25) is 0 Å². The standard InChI is InChI=1S/C6H14S2.C6H10S2/c2*1-3-5-7-8-6-4-2/h3-6H2,1-2H3;3-4H,1-2,5-6H2. The average molecular weight is 297 g/mol. The summed E-state index contributed by atoms with van der Waals surface area (Å²) in [5.74, 6) is 4.67. The molecule has 0 spiro atoms. The molecule has 96 valence electrons. The number of hydrogen-bond donors (Lipinski definition) is 0. The highest BCUT2D eigenvalue weighted by Gasteiger charge is 1.83. The van der Waals surface area contributed by atoms with Gasteiger partial charge in [0.1, 0.15) is 0 Å². The van der Waals surface area contributed by atoms with Crippen LogP contribution in [0.25, 0.3) is 0 Å². The molecule has 0 aromatic rings. The molecule has 0 aromatic carbocycles. The lowest BCUT2D eigenvalue weighted by atomic mass is 10.6. The van der Waals surface area contributed by atoms with Crippen LogP contribution in [-0.4, -0.2) is 23.0 Å². The first kappa shape index (κ1) is 19.2. The summed E-state index contributed by atoms with van der Waals surface area (Å²) >= 11 is 0. The van der Waals surface area contributed by atoms with Gasteiger partial charge in [0.25, 0.3) is 0 Å². The van der Waals surface area contributed by atoms with E-state index in [4.69, 9.17) is 0 Å². The molecule has 0 saturated carbocycles. The summed E-state index contributed by atoms with van der Waals surface area (Å²) < 4.78 is 0. The zero-order valence-corrected chi connectivity index (χ0v) is 13.7. The van der Waals surface area contributed by atoms with E-state index in [2.05, 4.69) is 27.0 Å². The molecular formula is C12H24S4. The molecular weight excluding hydrogens is 272 g/mol. The van der Waals surface area contributed by atoms with Gasteiger partial charge in [0.2, 0.25) is 0 Å². The molecule has 0 bridgehead atoms. The Morgan fingerprint density at radius 2 is 1.12 bits per heavy atom. The van der Waals surface area contributed by atoms with Crippen LogP contribution in [0.15, 0.2) is 25.3 Å². The van der Waals surface area contributed by atoms with Crippen LogP contribution >= 0.6 is 43.2 Å². The zero-order valence-electron chi connectivity index (χ0n) is 10.4. The minimum atomic E-state index is 1.03. The number of rotatable bonds is 10. The van der Waals surface area contributed by atoms with Gasteiger partial charge >= 0.3 is 0 Å². The van der Waals surface area contributed by atoms with Crippen molar-refractivity contribution in [3.63, 3.8) is 0 Å². The lowest BCUT2D eigenvalue weighted by Crippen LogP contribution is -1.70. The largest absolute Gasteiger partial charge is 0.102 e. The maximum atomic E-state index is 3.60. The molecule has 0 nitrogen and oxygen atoms in total. The van der Waals surface area contributed by atoms with Gasteiger partial charge < -0.3 is 0 Å². The summed E-state index contributed by atoms with van der Waals surface area (Å²) in [5, 5.41) is 0. The summed E-state index contributed by atoms with van der Waals surface area (Å²) in [5.41, 5.74) is 0. The fourth-order valence-electron chi connectivity index (χ4n) is 0.477. The Hall–Kier alpha value is 0.880. The third-order valence-corrected chi connectivity index (χ3v) is 6.16. The molecule has 0 rings (SSSR count). The first-order valence-electron chi connectivity index (χ1n) is 5.54. The monoisotopic (exact) mass is 296 g/mol. The zero-order chi connectivity index (χ0) is 12.5. The molecule has 4 heteroatoms. The van der Waals surface area contributed by atoms with E-state index in [1.807, 2.05) is 33.7 Å². The molecule has 0 atom stereocenters. The Bertz CT molecular complexity index is 121. The molecule has 16 heavy (non-hydrogen) atoms. The third-order valence-electron chi connectivity index (χ3n) is 1.11. The van der Waals surface area contributed by atoms with Crippen molar-refractivity contribution in [3.8, 4) is 0 Å². The van der Waals surface area contributed by atoms with Crippen molar-refractivity contribution in [2.45, 2.75) is 26.7 Å². The lowest BCUT2D eigenvalue weighted by Gasteiger charge is -1.93. The lowest BCUT2D eigenvalue weighted by molar-refractivity contribution is 1.11. The Balaban J connectivity index is 0. The van der Waals surface area contributed by atoms with Crippen molar-refractivity contribution in [2.75, 3.05) is 23.0 Å². The van der Waals surface area contributed by atoms with Gasteiger partial charge in [0.05, 0.1) is 0 Å². The summed E-state index contributed by atoms with van der Waals surface area (Å²) in [6.45, 7) is 11.6. The average Bonchev–Trinajstić information content (AvgIpc) is 2.31. The quantitative estimate of drug-likeness (QED) is 0.278. The Kier molecular flexibility index (Phi) is 25.5. The first-order chi connectivity index (χ1) is 7.83. The van der Waals surface area contributed by atoms with Gasteiger partial charge in [-0.05, 0) is 12.8 Å². The van der Waals surface area contributed by atoms with E-state index in [1.54, 1.807) is 21.6 Å². The van der Waals surface area contributed by atoms with Gasteiger partial charge in [-0.25, -0.2) is 0 Å². The van der Waals surface area contributed by atoms with Crippen LogP contribution in [0.4, 0.5) is 0 Å². The van der Waals surface area contributed by atoms with Crippen molar-refractivity contribution < 1.29 is 0 Å². The van der Waals surface area contributed by atoms with Gasteiger partial charge in [-0.15, -0.1) is 13.2 Å². The second-order valence-electron chi connectivity index (χ2n) is 2.79. The fourth-order valence-corrected chi connectivity index (χ4v) is 4.29. The molecule has 0 fully saturated rings. The highest BCUT2D eigenvalue weighted by Crippen LogP contribution is 2.21. The minimum absolute atomic E-state index is 1.03. The molecule has 0 radical (unpaired) electrons. The van der Waals surface area contributed by atoms with Crippen LogP contribution in [0.2, 0.25) is 0 Å². The Labute approximate surface area is 118 Å². The molecule has 0 saturated heterocycles. The van der Waals surface area contributed by atoms with Gasteiger partial charge in [-0.2, -0.15) is 0 Å². The van der Waals surface area contributed by atoms with Crippen molar-refractivity contribution in [1.29, 1.82) is 0 Å². The molecule has 0 aliphatic carbocycles. The molecule has 0 amide bonds. The summed E-state index contributed by atoms with van der Waals surface area (Å²) in [6.07, 6.45) is 6.42. The molecule has 0 aliphatic heterocycles. The summed E-state index contributed by atoms with van der Waals surface area (Å²) in [6, 6.07) is 0. The second kappa shape index (κ2) is 21.2. The summed E-state index contributed by atoms with van der Waals surface area (Å²) in [7, 11) is 7.60. The van der Waals surface area contributed by atoms with Crippen LogP contribution < -0.4 is 0 Å². The predicted molar refractivity (Wildman–Crippen MR) is 90.8 cm³/mol. The van der Waals surface area contributed by atoms with Gasteiger partial charge in [-0.1, -0.05) is 69.2 Å². The summed E-state index contributed by atoms with van der Waals surface area (Å²) in [4.78, 5) is 0. The second-order valence-corrected chi connectivity index (χ2v) is 8.04. The van der Waals surface area contributed by atoms with Crippen molar-refractivity contribution in [2.24, 2.45) is 0 Å². The topological polar surface area (TPSA) is 0 Å². The van der Waals surface area contributed by atoms with E-state index < -0.39 is 0 Å².